The van der Waals surface area contributed by atoms with Gasteiger partial charge in [0.25, 0.3) is 0 Å². The highest BCUT2D eigenvalue weighted by Gasteiger charge is 2.52. The number of amides is 2. The van der Waals surface area contributed by atoms with E-state index in [-0.39, 0.29) is 42.5 Å². The van der Waals surface area contributed by atoms with Crippen molar-refractivity contribution in [2.45, 2.75) is 64.0 Å². The van der Waals surface area contributed by atoms with Crippen LogP contribution in [0.5, 0.6) is 5.75 Å². The van der Waals surface area contributed by atoms with Gasteiger partial charge in [0.15, 0.2) is 6.79 Å². The van der Waals surface area contributed by atoms with Gasteiger partial charge in [-0.25, -0.2) is 4.79 Å². The van der Waals surface area contributed by atoms with Crippen molar-refractivity contribution in [3.63, 3.8) is 0 Å². The zero-order valence-corrected chi connectivity index (χ0v) is 24.7. The van der Waals surface area contributed by atoms with Crippen molar-refractivity contribution in [3.05, 3.63) is 27.7 Å². The third-order valence-electron chi connectivity index (χ3n) is 6.32. The van der Waals surface area contributed by atoms with E-state index in [4.69, 9.17) is 37.4 Å². The van der Waals surface area contributed by atoms with E-state index < -0.39 is 43.5 Å². The molecule has 3 rings (SSSR count). The summed E-state index contributed by atoms with van der Waals surface area (Å²) in [7, 11) is -1.26. The lowest BCUT2D eigenvalue weighted by Gasteiger charge is -2.44. The Kier molecular flexibility index (Phi) is 9.09. The summed E-state index contributed by atoms with van der Waals surface area (Å²) in [6.45, 7) is 13.2. The number of benzene rings is 1. The Bertz CT molecular complexity index is 1040. The summed E-state index contributed by atoms with van der Waals surface area (Å²) >= 11 is 12.8. The normalized spacial score (nSPS) is 20.7. The fourth-order valence-corrected chi connectivity index (χ4v) is 5.53. The van der Waals surface area contributed by atoms with Gasteiger partial charge in [-0.1, -0.05) is 42.8 Å². The van der Waals surface area contributed by atoms with E-state index >= 15 is 0 Å². The van der Waals surface area contributed by atoms with E-state index in [0.717, 1.165) is 6.04 Å². The summed E-state index contributed by atoms with van der Waals surface area (Å²) in [5.74, 6) is -3.60. The molecule has 0 bridgehead atoms. The van der Waals surface area contributed by atoms with Crippen molar-refractivity contribution in [1.29, 1.82) is 0 Å². The topological polar surface area (TPSA) is 106 Å². The first-order valence-corrected chi connectivity index (χ1v) is 16.7. The van der Waals surface area contributed by atoms with Crippen LogP contribution in [0.3, 0.4) is 0 Å². The Labute approximate surface area is 228 Å². The zero-order valence-electron chi connectivity index (χ0n) is 22.2. The van der Waals surface area contributed by atoms with Crippen molar-refractivity contribution in [2.24, 2.45) is 5.92 Å². The van der Waals surface area contributed by atoms with Gasteiger partial charge in [0.2, 0.25) is 5.91 Å². The van der Waals surface area contributed by atoms with Crippen molar-refractivity contribution in [2.75, 3.05) is 33.0 Å². The molecule has 0 spiro atoms. The van der Waals surface area contributed by atoms with Crippen LogP contribution in [0, 0.1) is 5.92 Å². The molecule has 2 fully saturated rings. The number of carbonyl (C=O) groups is 3. The van der Waals surface area contributed by atoms with Gasteiger partial charge in [-0.3, -0.25) is 9.59 Å². The first kappa shape index (κ1) is 29.5. The maximum absolute atomic E-state index is 13.2. The van der Waals surface area contributed by atoms with Gasteiger partial charge >= 0.3 is 12.1 Å². The number of likely N-dealkylation sites (tertiary alicyclic amines) is 2. The maximum Gasteiger partial charge on any atom is 0.410 e. The molecular weight excluding hydrogens is 539 g/mol. The third-order valence-corrected chi connectivity index (χ3v) is 8.85. The number of carboxylic acids is 1. The number of halogens is 2. The second-order valence-electron chi connectivity index (χ2n) is 11.7. The summed E-state index contributed by atoms with van der Waals surface area (Å²) in [5.41, 5.74) is -0.266. The van der Waals surface area contributed by atoms with Crippen LogP contribution in [-0.2, 0) is 19.1 Å². The summed E-state index contributed by atoms with van der Waals surface area (Å²) in [4.78, 5) is 40.8. The predicted octanol–water partition coefficient (Wildman–Crippen LogP) is 4.93. The van der Waals surface area contributed by atoms with Crippen LogP contribution in [0.25, 0.3) is 0 Å². The van der Waals surface area contributed by atoms with Gasteiger partial charge in [0.05, 0.1) is 16.1 Å². The average Bonchev–Trinajstić information content (AvgIpc) is 3.03. The largest absolute Gasteiger partial charge is 0.481 e. The van der Waals surface area contributed by atoms with Crippen LogP contribution in [-0.4, -0.2) is 85.6 Å². The zero-order chi connectivity index (χ0) is 27.7. The van der Waals surface area contributed by atoms with E-state index in [1.165, 1.54) is 9.80 Å². The van der Waals surface area contributed by atoms with Crippen LogP contribution < -0.4 is 4.74 Å². The van der Waals surface area contributed by atoms with E-state index in [2.05, 4.69) is 19.6 Å². The van der Waals surface area contributed by atoms with Gasteiger partial charge in [0.1, 0.15) is 17.3 Å². The Balaban J connectivity index is 1.76. The SMILES string of the molecule is CC(C)(C)OC(=O)N1CC(N2C[C@@H](c3c(OCOCC[Si](C)(C)C)ccc(Cl)c3Cl)[C@H](C(=O)O)C2=O)C1. The highest BCUT2D eigenvalue weighted by molar-refractivity contribution is 6.76. The van der Waals surface area contributed by atoms with Crippen molar-refractivity contribution >= 4 is 49.2 Å². The molecule has 0 saturated carbocycles. The molecule has 1 N–H and O–H groups in total. The highest BCUT2D eigenvalue weighted by Crippen LogP contribution is 2.45. The van der Waals surface area contributed by atoms with E-state index in [9.17, 15) is 19.5 Å². The molecule has 2 amide bonds. The second kappa shape index (κ2) is 11.4. The molecule has 2 atom stereocenters. The van der Waals surface area contributed by atoms with Gasteiger partial charge in [-0.05, 0) is 38.9 Å². The molecule has 1 aromatic rings. The first-order valence-electron chi connectivity index (χ1n) is 12.3. The minimum Gasteiger partial charge on any atom is -0.481 e. The highest BCUT2D eigenvalue weighted by atomic mass is 35.5. The number of hydrogen-bond donors (Lipinski definition) is 1. The number of ether oxygens (including phenoxy) is 3. The molecular formula is C25H36Cl2N2O7Si. The lowest BCUT2D eigenvalue weighted by molar-refractivity contribution is -0.149. The molecule has 2 saturated heterocycles. The van der Waals surface area contributed by atoms with Crippen LogP contribution in [0.2, 0.25) is 35.7 Å². The standard InChI is InChI=1S/C25H36Cl2N2O7Si/c1-25(2,3)36-24(33)28-11-15(12-28)29-13-16(20(22(29)30)23(31)32)19-18(8-7-17(26)21(19)27)35-14-34-9-10-37(4,5)6/h7-8,15-16,20H,9-14H2,1-6H3,(H,31,32)/t16-,20-/m0/s1. The van der Waals surface area contributed by atoms with E-state index in [0.29, 0.717) is 17.9 Å². The summed E-state index contributed by atoms with van der Waals surface area (Å²) < 4.78 is 16.9. The molecule has 12 heteroatoms. The Hall–Kier alpha value is -2.01. The fraction of sp³-hybridized carbons (Fsp3) is 0.640. The number of nitrogens with zero attached hydrogens (tertiary/aromatic N) is 2. The van der Waals surface area contributed by atoms with Gasteiger partial charge < -0.3 is 29.1 Å². The van der Waals surface area contributed by atoms with Crippen LogP contribution in [0.1, 0.15) is 32.3 Å². The van der Waals surface area contributed by atoms with Crippen LogP contribution in [0.15, 0.2) is 12.1 Å². The summed E-state index contributed by atoms with van der Waals surface area (Å²) in [6.07, 6.45) is -0.468. The van der Waals surface area contributed by atoms with Crippen LogP contribution in [0.4, 0.5) is 4.79 Å². The fourth-order valence-electron chi connectivity index (χ4n) is 4.31. The summed E-state index contributed by atoms with van der Waals surface area (Å²) in [5, 5.41) is 10.4. The molecule has 1 aromatic carbocycles. The molecule has 0 unspecified atom stereocenters. The van der Waals surface area contributed by atoms with E-state index in [1.807, 2.05) is 0 Å². The lowest BCUT2D eigenvalue weighted by atomic mass is 9.88. The Morgan fingerprint density at radius 3 is 2.35 bits per heavy atom. The molecule has 9 nitrogen and oxygen atoms in total. The number of hydrogen-bond acceptors (Lipinski definition) is 6. The molecule has 0 aromatic heterocycles. The molecule has 0 aliphatic carbocycles. The third kappa shape index (κ3) is 7.31. The minimum absolute atomic E-state index is 0.0367. The van der Waals surface area contributed by atoms with Crippen molar-refractivity contribution in [3.8, 4) is 5.75 Å². The Morgan fingerprint density at radius 2 is 1.78 bits per heavy atom. The van der Waals surface area contributed by atoms with Crippen molar-refractivity contribution < 1.29 is 33.7 Å². The smallest absolute Gasteiger partial charge is 0.410 e. The number of carboxylic acid groups (broad SMARTS) is 1. The Morgan fingerprint density at radius 1 is 1.14 bits per heavy atom. The molecule has 0 radical (unpaired) electrons. The van der Waals surface area contributed by atoms with Crippen molar-refractivity contribution in [1.82, 2.24) is 9.80 Å². The van der Waals surface area contributed by atoms with E-state index in [1.54, 1.807) is 32.9 Å². The molecule has 2 aliphatic rings. The summed E-state index contributed by atoms with van der Waals surface area (Å²) in [6, 6.07) is 3.84. The van der Waals surface area contributed by atoms with Gasteiger partial charge in [0, 0.05) is 45.8 Å². The molecule has 2 heterocycles. The second-order valence-corrected chi connectivity index (χ2v) is 18.1. The maximum atomic E-state index is 13.2. The monoisotopic (exact) mass is 574 g/mol. The van der Waals surface area contributed by atoms with Crippen LogP contribution >= 0.6 is 23.2 Å². The molecule has 2 aliphatic heterocycles. The number of carbonyl (C=O) groups excluding carboxylic acids is 2. The number of aliphatic carboxylic acids is 1. The predicted molar refractivity (Wildman–Crippen MR) is 143 cm³/mol. The average molecular weight is 576 g/mol. The number of rotatable bonds is 9. The first-order chi connectivity index (χ1) is 17.1. The minimum atomic E-state index is -1.36. The van der Waals surface area contributed by atoms with Gasteiger partial charge in [-0.2, -0.15) is 0 Å². The lowest BCUT2D eigenvalue weighted by Crippen LogP contribution is -2.62. The van der Waals surface area contributed by atoms with Gasteiger partial charge in [-0.15, -0.1) is 0 Å². The molecule has 206 valence electrons. The quantitative estimate of drug-likeness (QED) is 0.193. The molecule has 37 heavy (non-hydrogen) atoms.